The fourth-order valence-electron chi connectivity index (χ4n) is 3.81. The molecule has 0 saturated heterocycles. The fraction of sp³-hybridized carbons (Fsp3) is 0.350. The van der Waals surface area contributed by atoms with E-state index < -0.39 is 5.97 Å². The summed E-state index contributed by atoms with van der Waals surface area (Å²) in [7, 11) is 0. The Morgan fingerprint density at radius 3 is 2.74 bits per heavy atom. The zero-order chi connectivity index (χ0) is 18.8. The van der Waals surface area contributed by atoms with Gasteiger partial charge in [0.1, 0.15) is 0 Å². The van der Waals surface area contributed by atoms with E-state index >= 15 is 0 Å². The number of nitrogens with zero attached hydrogens (tertiary/aromatic N) is 2. The Labute approximate surface area is 165 Å². The van der Waals surface area contributed by atoms with Gasteiger partial charge in [-0.1, -0.05) is 12.1 Å². The Bertz CT molecular complexity index is 884. The van der Waals surface area contributed by atoms with Gasteiger partial charge in [-0.3, -0.25) is 4.79 Å². The third-order valence-corrected chi connectivity index (χ3v) is 6.76. The first-order valence-corrected chi connectivity index (χ1v) is 10.8. The lowest BCUT2D eigenvalue weighted by molar-refractivity contribution is -0.305. The minimum Gasteiger partial charge on any atom is -0.550 e. The number of amides is 1. The Morgan fingerprint density at radius 2 is 2.04 bits per heavy atom. The van der Waals surface area contributed by atoms with Crippen LogP contribution in [0.25, 0.3) is 6.08 Å². The second kappa shape index (κ2) is 7.78. The smallest absolute Gasteiger partial charge is 0.243 e. The van der Waals surface area contributed by atoms with Crippen LogP contribution in [-0.2, 0) is 9.59 Å². The van der Waals surface area contributed by atoms with Crippen molar-refractivity contribution in [1.82, 2.24) is 5.01 Å². The summed E-state index contributed by atoms with van der Waals surface area (Å²) in [5.41, 5.74) is 2.17. The van der Waals surface area contributed by atoms with Crippen LogP contribution in [0.15, 0.2) is 45.7 Å². The zero-order valence-electron chi connectivity index (χ0n) is 14.7. The normalized spacial score (nSPS) is 23.3. The third kappa shape index (κ3) is 3.75. The molecule has 1 amide bonds. The van der Waals surface area contributed by atoms with Gasteiger partial charge < -0.3 is 9.90 Å². The van der Waals surface area contributed by atoms with Crippen molar-refractivity contribution in [3.63, 3.8) is 0 Å². The van der Waals surface area contributed by atoms with E-state index in [1.807, 2.05) is 29.0 Å². The van der Waals surface area contributed by atoms with Gasteiger partial charge in [0.05, 0.1) is 11.8 Å². The molecule has 1 aliphatic heterocycles. The average molecular weight is 400 g/mol. The number of carbonyl (C=O) groups excluding carboxylic acids is 2. The van der Waals surface area contributed by atoms with Crippen LogP contribution in [0.2, 0.25) is 0 Å². The molecule has 0 bridgehead atoms. The first-order valence-electron chi connectivity index (χ1n) is 9.02. The van der Waals surface area contributed by atoms with E-state index in [-0.39, 0.29) is 30.7 Å². The molecule has 2 aromatic rings. The van der Waals surface area contributed by atoms with E-state index in [2.05, 4.69) is 12.1 Å². The number of thiophene rings is 2. The molecule has 5 nitrogen and oxygen atoms in total. The fourth-order valence-corrected chi connectivity index (χ4v) is 5.37. The van der Waals surface area contributed by atoms with Crippen molar-refractivity contribution in [3.8, 4) is 0 Å². The Morgan fingerprint density at radius 1 is 1.22 bits per heavy atom. The second-order valence-corrected chi connectivity index (χ2v) is 8.70. The number of fused-ring (bicyclic) bond motifs is 1. The number of allylic oxidation sites excluding steroid dienone is 1. The van der Waals surface area contributed by atoms with Crippen molar-refractivity contribution in [2.75, 3.05) is 0 Å². The molecular formula is C20H19N2O3S2-. The zero-order valence-corrected chi connectivity index (χ0v) is 16.3. The maximum atomic E-state index is 12.7. The lowest BCUT2D eigenvalue weighted by Crippen LogP contribution is -2.32. The monoisotopic (exact) mass is 399 g/mol. The van der Waals surface area contributed by atoms with Crippen LogP contribution in [0.4, 0.5) is 0 Å². The minimum absolute atomic E-state index is 0.0856. The van der Waals surface area contributed by atoms with Crippen molar-refractivity contribution in [3.05, 3.63) is 50.4 Å². The molecule has 0 spiro atoms. The summed E-state index contributed by atoms with van der Waals surface area (Å²) in [5, 5.41) is 21.1. The standard InChI is InChI=1S/C20H20N2O3S2/c23-17(8-9-18(24)25)22-20(16-7-3-11-27-16)15-6-1-4-13(19(15)21-22)12-14-5-2-10-26-14/h2-3,5,7,10-12,15,20H,1,4,6,8-9H2,(H,24,25)/p-1/b13-12+/t15-,20-/m0/s1. The molecule has 4 rings (SSSR count). The highest BCUT2D eigenvalue weighted by molar-refractivity contribution is 7.11. The highest BCUT2D eigenvalue weighted by Crippen LogP contribution is 2.45. The molecule has 2 aromatic heterocycles. The topological polar surface area (TPSA) is 72.8 Å². The van der Waals surface area contributed by atoms with Crippen LogP contribution in [0.1, 0.15) is 47.9 Å². The van der Waals surface area contributed by atoms with Gasteiger partial charge in [-0.25, -0.2) is 5.01 Å². The molecule has 0 aromatic carbocycles. The summed E-state index contributed by atoms with van der Waals surface area (Å²) >= 11 is 3.30. The number of carboxylic acid groups (broad SMARTS) is 1. The first-order chi connectivity index (χ1) is 13.1. The number of hydrogen-bond acceptors (Lipinski definition) is 6. The van der Waals surface area contributed by atoms with Crippen molar-refractivity contribution in [2.45, 2.75) is 38.1 Å². The molecule has 0 N–H and O–H groups in total. The van der Waals surface area contributed by atoms with Gasteiger partial charge in [0, 0.05) is 28.1 Å². The summed E-state index contributed by atoms with van der Waals surface area (Å²) in [4.78, 5) is 25.8. The molecule has 1 saturated carbocycles. The summed E-state index contributed by atoms with van der Waals surface area (Å²) < 4.78 is 0. The number of carboxylic acids is 1. The lowest BCUT2D eigenvalue weighted by Gasteiger charge is -2.28. The summed E-state index contributed by atoms with van der Waals surface area (Å²) in [6.45, 7) is 0. The van der Waals surface area contributed by atoms with Crippen LogP contribution in [0.5, 0.6) is 0 Å². The van der Waals surface area contributed by atoms with Gasteiger partial charge >= 0.3 is 0 Å². The second-order valence-electron chi connectivity index (χ2n) is 6.74. The Balaban J connectivity index is 1.68. The summed E-state index contributed by atoms with van der Waals surface area (Å²) in [6.07, 6.45) is 4.80. The largest absolute Gasteiger partial charge is 0.550 e. The molecule has 0 unspecified atom stereocenters. The summed E-state index contributed by atoms with van der Waals surface area (Å²) in [5.74, 6) is -1.30. The molecule has 2 aliphatic rings. The molecule has 1 aliphatic carbocycles. The summed E-state index contributed by atoms with van der Waals surface area (Å²) in [6, 6.07) is 7.98. The molecular weight excluding hydrogens is 380 g/mol. The van der Waals surface area contributed by atoms with Crippen molar-refractivity contribution in [2.24, 2.45) is 11.0 Å². The van der Waals surface area contributed by atoms with Crippen LogP contribution in [0, 0.1) is 5.92 Å². The van der Waals surface area contributed by atoms with Gasteiger partial charge in [0.15, 0.2) is 0 Å². The van der Waals surface area contributed by atoms with Crippen molar-refractivity contribution >= 4 is 46.3 Å². The van der Waals surface area contributed by atoms with Crippen LogP contribution in [0.3, 0.4) is 0 Å². The van der Waals surface area contributed by atoms with Crippen molar-refractivity contribution in [1.29, 1.82) is 0 Å². The maximum absolute atomic E-state index is 12.7. The number of aliphatic carboxylic acids is 1. The molecule has 0 radical (unpaired) electrons. The van der Waals surface area contributed by atoms with Crippen molar-refractivity contribution < 1.29 is 14.7 Å². The predicted octanol–water partition coefficient (Wildman–Crippen LogP) is 3.46. The number of hydrazone groups is 1. The van der Waals surface area contributed by atoms with Crippen LogP contribution >= 0.6 is 22.7 Å². The molecule has 1 fully saturated rings. The van der Waals surface area contributed by atoms with Gasteiger partial charge in [-0.15, -0.1) is 22.7 Å². The van der Waals surface area contributed by atoms with E-state index in [4.69, 9.17) is 5.10 Å². The van der Waals surface area contributed by atoms with E-state index in [0.29, 0.717) is 0 Å². The minimum atomic E-state index is -1.21. The lowest BCUT2D eigenvalue weighted by atomic mass is 9.79. The SMILES string of the molecule is O=C([O-])CCC(=O)N1N=C2/C(=C/c3cccs3)CCC[C@@H]2[C@H]1c1cccs1. The van der Waals surface area contributed by atoms with E-state index in [9.17, 15) is 14.7 Å². The molecule has 27 heavy (non-hydrogen) atoms. The van der Waals surface area contributed by atoms with Crippen LogP contribution in [-0.4, -0.2) is 22.6 Å². The van der Waals surface area contributed by atoms with Gasteiger partial charge in [0.25, 0.3) is 0 Å². The first kappa shape index (κ1) is 18.1. The van der Waals surface area contributed by atoms with E-state index in [1.54, 1.807) is 22.7 Å². The highest BCUT2D eigenvalue weighted by atomic mass is 32.1. The highest BCUT2D eigenvalue weighted by Gasteiger charge is 2.43. The van der Waals surface area contributed by atoms with Gasteiger partial charge in [0.2, 0.25) is 5.91 Å². The number of carbonyl (C=O) groups is 2. The molecule has 140 valence electrons. The van der Waals surface area contributed by atoms with E-state index in [1.165, 1.54) is 15.5 Å². The Kier molecular flexibility index (Phi) is 5.22. The van der Waals surface area contributed by atoms with E-state index in [0.717, 1.165) is 29.9 Å². The molecule has 3 heterocycles. The average Bonchev–Trinajstić information content (AvgIpc) is 3.39. The maximum Gasteiger partial charge on any atom is 0.243 e. The third-order valence-electron chi connectivity index (χ3n) is 4.99. The van der Waals surface area contributed by atoms with Crippen LogP contribution < -0.4 is 5.11 Å². The Hall–Kier alpha value is -2.25. The number of rotatable bonds is 5. The quantitative estimate of drug-likeness (QED) is 0.773. The van der Waals surface area contributed by atoms with Gasteiger partial charge in [-0.2, -0.15) is 5.10 Å². The molecule has 7 heteroatoms. The van der Waals surface area contributed by atoms with Gasteiger partial charge in [-0.05, 0) is 60.2 Å². The predicted molar refractivity (Wildman–Crippen MR) is 105 cm³/mol. The number of hydrogen-bond donors (Lipinski definition) is 0. The molecule has 2 atom stereocenters.